The predicted molar refractivity (Wildman–Crippen MR) is 345 cm³/mol. The van der Waals surface area contributed by atoms with Gasteiger partial charge in [0.2, 0.25) is 0 Å². The maximum atomic E-state index is 4.95. The van der Waals surface area contributed by atoms with Crippen LogP contribution >= 0.6 is 0 Å². The lowest BCUT2D eigenvalue weighted by Gasteiger charge is -2.30. The number of nitrogens with zero attached hydrogens (tertiary/aromatic N) is 4. The molecule has 12 rings (SSSR count). The number of rotatable bonds is 12. The summed E-state index contributed by atoms with van der Waals surface area (Å²) < 4.78 is 0. The second-order valence-corrected chi connectivity index (χ2v) is 21.0. The summed E-state index contributed by atoms with van der Waals surface area (Å²) in [6.45, 7) is 13.6. The fraction of sp³-hybridized carbons (Fsp3) is 0.0649. The van der Waals surface area contributed by atoms with Gasteiger partial charge in [-0.25, -0.2) is 0 Å². The minimum absolute atomic E-state index is 0.615. The monoisotopic (exact) mass is 1040 g/mol. The van der Waals surface area contributed by atoms with Crippen molar-refractivity contribution < 1.29 is 0 Å². The maximum Gasteiger partial charge on any atom is 0.0468 e. The van der Waals surface area contributed by atoms with Crippen LogP contribution in [0.15, 0.2) is 303 Å². The van der Waals surface area contributed by atoms with Crippen molar-refractivity contribution in [3.8, 4) is 22.3 Å². The summed E-state index contributed by atoms with van der Waals surface area (Å²) in [6.07, 6.45) is 7.49. The fourth-order valence-corrected chi connectivity index (χ4v) is 11.3. The molecule has 0 aromatic heterocycles. The Morgan fingerprint density at radius 1 is 0.259 bits per heavy atom. The highest BCUT2D eigenvalue weighted by atomic mass is 15.2. The van der Waals surface area contributed by atoms with E-state index in [0.29, 0.717) is 6.42 Å². The van der Waals surface area contributed by atoms with E-state index in [0.717, 1.165) is 102 Å². The second kappa shape index (κ2) is 23.0. The molecular weight excluding hydrogens is 981 g/mol. The number of hydrogen-bond donors (Lipinski definition) is 0. The van der Waals surface area contributed by atoms with E-state index >= 15 is 0 Å². The molecule has 0 heterocycles. The van der Waals surface area contributed by atoms with Gasteiger partial charge in [-0.1, -0.05) is 158 Å². The lowest BCUT2D eigenvalue weighted by Crippen LogP contribution is -2.16. The van der Waals surface area contributed by atoms with Crippen LogP contribution in [0.1, 0.15) is 33.4 Å². The SMILES string of the molecule is C=C1/C=C\C(N(c2ccccc2)c2cccc(C)c2)=C/Cc2cc(N(c3ccccc3)c3cccc(C)c3)ccc2-c2ccc(N(c3ccccc3)c3cccc(C)c3)cc2-c2cc(N(c3ccccc3)c3cccc(C)c3)ccc21. The molecule has 0 saturated carbocycles. The van der Waals surface area contributed by atoms with Gasteiger partial charge in [-0.2, -0.15) is 0 Å². The molecule has 1 aliphatic carbocycles. The summed E-state index contributed by atoms with van der Waals surface area (Å²) in [5, 5.41) is 0. The maximum absolute atomic E-state index is 4.95. The van der Waals surface area contributed by atoms with Crippen LogP contribution in [0.2, 0.25) is 0 Å². The van der Waals surface area contributed by atoms with Crippen LogP contribution in [0.3, 0.4) is 0 Å². The first-order valence-electron chi connectivity index (χ1n) is 27.9. The number of aryl methyl sites for hydroxylation is 4. The second-order valence-electron chi connectivity index (χ2n) is 21.0. The summed E-state index contributed by atoms with van der Waals surface area (Å²) in [4.78, 5) is 9.52. The van der Waals surface area contributed by atoms with E-state index in [-0.39, 0.29) is 0 Å². The largest absolute Gasteiger partial charge is 0.311 e. The molecule has 4 heteroatoms. The van der Waals surface area contributed by atoms with Gasteiger partial charge in [-0.3, -0.25) is 0 Å². The molecule has 392 valence electrons. The van der Waals surface area contributed by atoms with Crippen molar-refractivity contribution in [1.82, 2.24) is 0 Å². The molecular formula is C77H64N4. The number of para-hydroxylation sites is 4. The summed E-state index contributed by atoms with van der Waals surface area (Å²) in [7, 11) is 0. The average molecular weight is 1050 g/mol. The minimum Gasteiger partial charge on any atom is -0.311 e. The molecule has 0 bridgehead atoms. The molecule has 11 aromatic rings. The quantitative estimate of drug-likeness (QED) is 0.121. The van der Waals surface area contributed by atoms with Crippen molar-refractivity contribution in [2.24, 2.45) is 0 Å². The van der Waals surface area contributed by atoms with Gasteiger partial charge in [0.25, 0.3) is 0 Å². The Morgan fingerprint density at radius 2 is 0.580 bits per heavy atom. The molecule has 81 heavy (non-hydrogen) atoms. The smallest absolute Gasteiger partial charge is 0.0468 e. The van der Waals surface area contributed by atoms with Crippen LogP contribution in [-0.4, -0.2) is 0 Å². The first-order valence-corrected chi connectivity index (χ1v) is 27.9. The standard InChI is InChI=1S/C77H64N4/c1-55-22-18-34-66(48-55)78(61-26-10-6-11-27-61)65-40-38-59(5)73-45-42-71(80(63-30-14-8-15-31-63)68-36-20-24-57(3)50-68)53-76(73)77-54-72(81(64-32-16-9-17-33-64)69-37-21-25-58(4)51-69)44-47-75(77)74-46-43-70(52-60(74)39-41-65)79(62-28-12-7-13-29-62)67-35-19-23-56(2)49-67/h6-38,40-54H,5,39H2,1-4H3/b40-38-,65-41+. The average Bonchev–Trinajstić information content (AvgIpc) is 3.50. The number of benzene rings is 11. The molecule has 0 N–H and O–H groups in total. The molecule has 0 radical (unpaired) electrons. The first-order chi connectivity index (χ1) is 39.7. The summed E-state index contributed by atoms with van der Waals surface area (Å²) in [5.41, 5.74) is 25.1. The minimum atomic E-state index is 0.615. The van der Waals surface area contributed by atoms with E-state index in [1.54, 1.807) is 0 Å². The van der Waals surface area contributed by atoms with Gasteiger partial charge in [0, 0.05) is 68.3 Å². The van der Waals surface area contributed by atoms with Crippen molar-refractivity contribution in [3.63, 3.8) is 0 Å². The summed E-state index contributed by atoms with van der Waals surface area (Å²) >= 11 is 0. The number of anilines is 11. The van der Waals surface area contributed by atoms with Crippen molar-refractivity contribution in [2.75, 3.05) is 19.6 Å². The molecule has 0 fully saturated rings. The third kappa shape index (κ3) is 11.0. The molecule has 0 saturated heterocycles. The van der Waals surface area contributed by atoms with Gasteiger partial charge in [-0.05, 0) is 235 Å². The zero-order chi connectivity index (χ0) is 55.2. The van der Waals surface area contributed by atoms with Crippen LogP contribution in [0.25, 0.3) is 27.8 Å². The van der Waals surface area contributed by atoms with Crippen LogP contribution in [0.4, 0.5) is 62.6 Å². The van der Waals surface area contributed by atoms with Gasteiger partial charge in [0.1, 0.15) is 0 Å². The highest BCUT2D eigenvalue weighted by Crippen LogP contribution is 2.48. The Labute approximate surface area is 478 Å². The fourth-order valence-electron chi connectivity index (χ4n) is 11.3. The van der Waals surface area contributed by atoms with Gasteiger partial charge in [0.05, 0.1) is 0 Å². The highest BCUT2D eigenvalue weighted by Gasteiger charge is 2.25. The number of fused-ring (bicyclic) bond motifs is 5. The molecule has 0 spiro atoms. The van der Waals surface area contributed by atoms with Crippen molar-refractivity contribution >= 4 is 68.1 Å². The summed E-state index contributed by atoms with van der Waals surface area (Å²) in [6, 6.07) is 99.1. The van der Waals surface area contributed by atoms with Crippen molar-refractivity contribution in [2.45, 2.75) is 34.1 Å². The Balaban J connectivity index is 1.17. The van der Waals surface area contributed by atoms with E-state index in [2.05, 4.69) is 339 Å². The zero-order valence-corrected chi connectivity index (χ0v) is 46.4. The lowest BCUT2D eigenvalue weighted by atomic mass is 9.85. The predicted octanol–water partition coefficient (Wildman–Crippen LogP) is 21.5. The highest BCUT2D eigenvalue weighted by molar-refractivity contribution is 5.97. The van der Waals surface area contributed by atoms with Crippen LogP contribution in [0, 0.1) is 27.7 Å². The zero-order valence-electron chi connectivity index (χ0n) is 46.4. The normalized spacial score (nSPS) is 13.0. The van der Waals surface area contributed by atoms with E-state index in [1.807, 2.05) is 0 Å². The number of hydrogen-bond acceptors (Lipinski definition) is 4. The van der Waals surface area contributed by atoms with Gasteiger partial charge in [0.15, 0.2) is 0 Å². The van der Waals surface area contributed by atoms with E-state index in [4.69, 9.17) is 6.58 Å². The molecule has 11 aromatic carbocycles. The third-order valence-corrected chi connectivity index (χ3v) is 15.1. The van der Waals surface area contributed by atoms with Crippen LogP contribution in [0.5, 0.6) is 0 Å². The van der Waals surface area contributed by atoms with Crippen molar-refractivity contribution in [3.05, 3.63) is 337 Å². The first kappa shape index (κ1) is 51.6. The molecule has 4 nitrogen and oxygen atoms in total. The topological polar surface area (TPSA) is 13.0 Å². The van der Waals surface area contributed by atoms with Crippen LogP contribution in [-0.2, 0) is 6.42 Å². The Kier molecular flexibility index (Phi) is 14.7. The van der Waals surface area contributed by atoms with Crippen molar-refractivity contribution in [1.29, 1.82) is 0 Å². The lowest BCUT2D eigenvalue weighted by molar-refractivity contribution is 1.15. The van der Waals surface area contributed by atoms with Gasteiger partial charge >= 0.3 is 0 Å². The third-order valence-electron chi connectivity index (χ3n) is 15.1. The van der Waals surface area contributed by atoms with E-state index in [1.165, 1.54) is 27.8 Å². The summed E-state index contributed by atoms with van der Waals surface area (Å²) in [5.74, 6) is 0. The van der Waals surface area contributed by atoms with E-state index < -0.39 is 0 Å². The molecule has 0 atom stereocenters. The van der Waals surface area contributed by atoms with Gasteiger partial charge < -0.3 is 19.6 Å². The Bertz CT molecular complexity index is 4100. The Hall–Kier alpha value is -10.2. The molecule has 1 aliphatic rings. The van der Waals surface area contributed by atoms with Crippen LogP contribution < -0.4 is 19.6 Å². The molecule has 0 unspecified atom stereocenters. The molecule has 0 amide bonds. The molecule has 0 aliphatic heterocycles. The van der Waals surface area contributed by atoms with Gasteiger partial charge in [-0.15, -0.1) is 0 Å². The number of allylic oxidation sites excluding steroid dienone is 4. The Morgan fingerprint density at radius 3 is 0.988 bits per heavy atom. The van der Waals surface area contributed by atoms with E-state index in [9.17, 15) is 0 Å².